The fourth-order valence-corrected chi connectivity index (χ4v) is 3.68. The van der Waals surface area contributed by atoms with E-state index in [1.807, 2.05) is 25.5 Å². The van der Waals surface area contributed by atoms with E-state index >= 15 is 0 Å². The molecule has 6 heteroatoms. The molecule has 1 aromatic rings. The second-order valence-electron chi connectivity index (χ2n) is 8.15. The minimum absolute atomic E-state index is 0.271. The number of carbonyl (C=O) groups is 1. The topological polar surface area (TPSA) is 73.4 Å². The first-order valence-corrected chi connectivity index (χ1v) is 9.15. The first-order valence-electron chi connectivity index (χ1n) is 9.15. The minimum Gasteiger partial charge on any atom is -0.444 e. The smallest absolute Gasteiger partial charge is 0.410 e. The third kappa shape index (κ3) is 3.84. The Bertz CT molecular complexity index is 597. The number of ether oxygens (including phenoxy) is 1. The van der Waals surface area contributed by atoms with Gasteiger partial charge in [-0.3, -0.25) is 0 Å². The Morgan fingerprint density at radius 2 is 2.00 bits per heavy atom. The van der Waals surface area contributed by atoms with Gasteiger partial charge < -0.3 is 15.4 Å². The van der Waals surface area contributed by atoms with Crippen molar-refractivity contribution < 1.29 is 9.53 Å². The van der Waals surface area contributed by atoms with Crippen LogP contribution in [0.25, 0.3) is 0 Å². The Hall–Kier alpha value is -1.72. The fraction of sp³-hybridized carbons (Fsp3) is 0.778. The van der Waals surface area contributed by atoms with Crippen molar-refractivity contribution in [3.8, 4) is 0 Å². The van der Waals surface area contributed by atoms with E-state index in [2.05, 4.69) is 0 Å². The van der Waals surface area contributed by atoms with Crippen LogP contribution in [0.2, 0.25) is 0 Å². The van der Waals surface area contributed by atoms with Crippen LogP contribution in [-0.4, -0.2) is 32.9 Å². The molecule has 1 aromatic heterocycles. The van der Waals surface area contributed by atoms with Crippen LogP contribution < -0.4 is 5.73 Å². The molecule has 0 radical (unpaired) electrons. The number of nitrogens with two attached hydrogens (primary N) is 1. The van der Waals surface area contributed by atoms with E-state index in [4.69, 9.17) is 15.6 Å². The van der Waals surface area contributed by atoms with Crippen molar-refractivity contribution in [1.29, 1.82) is 0 Å². The lowest BCUT2D eigenvalue weighted by molar-refractivity contribution is 0.0224. The molecular weight excluding hydrogens is 304 g/mol. The molecule has 134 valence electrons. The molecule has 0 bridgehead atoms. The number of nitrogen functional groups attached to an aromatic ring is 1. The van der Waals surface area contributed by atoms with Crippen molar-refractivity contribution in [2.45, 2.75) is 78.0 Å². The van der Waals surface area contributed by atoms with E-state index in [0.29, 0.717) is 19.0 Å². The van der Waals surface area contributed by atoms with Crippen LogP contribution in [0.4, 0.5) is 10.6 Å². The van der Waals surface area contributed by atoms with Crippen LogP contribution in [0.5, 0.6) is 0 Å². The number of rotatable bonds is 2. The summed E-state index contributed by atoms with van der Waals surface area (Å²) < 4.78 is 7.45. The average molecular weight is 334 g/mol. The zero-order valence-electron chi connectivity index (χ0n) is 15.2. The van der Waals surface area contributed by atoms with Gasteiger partial charge in [0.05, 0.1) is 12.2 Å². The SMILES string of the molecule is CC(C)(C)OC(=O)N1CCc2nn(CC3CCCCC3)c(N)c2C1. The van der Waals surface area contributed by atoms with Crippen molar-refractivity contribution >= 4 is 11.9 Å². The van der Waals surface area contributed by atoms with Crippen LogP contribution in [0.1, 0.15) is 64.1 Å². The van der Waals surface area contributed by atoms with Gasteiger partial charge in [0.15, 0.2) is 0 Å². The third-order valence-electron chi connectivity index (χ3n) is 4.95. The first-order chi connectivity index (χ1) is 11.3. The second-order valence-corrected chi connectivity index (χ2v) is 8.15. The molecule has 2 aliphatic rings. The molecule has 0 atom stereocenters. The molecule has 2 N–H and O–H groups in total. The summed E-state index contributed by atoms with van der Waals surface area (Å²) in [5.74, 6) is 1.41. The Balaban J connectivity index is 1.69. The molecule has 1 fully saturated rings. The molecule has 0 spiro atoms. The Morgan fingerprint density at radius 3 is 2.67 bits per heavy atom. The van der Waals surface area contributed by atoms with Crippen molar-refractivity contribution in [2.75, 3.05) is 12.3 Å². The zero-order valence-corrected chi connectivity index (χ0v) is 15.2. The van der Waals surface area contributed by atoms with Gasteiger partial charge in [-0.15, -0.1) is 0 Å². The van der Waals surface area contributed by atoms with Crippen LogP contribution >= 0.6 is 0 Å². The predicted molar refractivity (Wildman–Crippen MR) is 93.6 cm³/mol. The van der Waals surface area contributed by atoms with Gasteiger partial charge in [0.1, 0.15) is 11.4 Å². The van der Waals surface area contributed by atoms with Gasteiger partial charge in [0, 0.05) is 25.1 Å². The van der Waals surface area contributed by atoms with E-state index in [9.17, 15) is 4.79 Å². The lowest BCUT2D eigenvalue weighted by Gasteiger charge is -2.29. The number of anilines is 1. The summed E-state index contributed by atoms with van der Waals surface area (Å²) in [6.07, 6.45) is 7.01. The third-order valence-corrected chi connectivity index (χ3v) is 4.95. The molecule has 24 heavy (non-hydrogen) atoms. The highest BCUT2D eigenvalue weighted by Gasteiger charge is 2.29. The normalized spacial score (nSPS) is 19.2. The summed E-state index contributed by atoms with van der Waals surface area (Å²) in [5.41, 5.74) is 7.92. The second kappa shape index (κ2) is 6.65. The Labute approximate surface area is 144 Å². The lowest BCUT2D eigenvalue weighted by Crippen LogP contribution is -2.39. The maximum Gasteiger partial charge on any atom is 0.410 e. The van der Waals surface area contributed by atoms with Gasteiger partial charge in [-0.1, -0.05) is 19.3 Å². The van der Waals surface area contributed by atoms with Gasteiger partial charge in [-0.25, -0.2) is 9.48 Å². The van der Waals surface area contributed by atoms with Gasteiger partial charge in [0.25, 0.3) is 0 Å². The number of fused-ring (bicyclic) bond motifs is 1. The van der Waals surface area contributed by atoms with Gasteiger partial charge >= 0.3 is 6.09 Å². The van der Waals surface area contributed by atoms with E-state index in [0.717, 1.165) is 30.0 Å². The van der Waals surface area contributed by atoms with Gasteiger partial charge in [-0.2, -0.15) is 5.10 Å². The van der Waals surface area contributed by atoms with Crippen molar-refractivity contribution in [2.24, 2.45) is 5.92 Å². The van der Waals surface area contributed by atoms with E-state index in [-0.39, 0.29) is 6.09 Å². The maximum atomic E-state index is 12.3. The van der Waals surface area contributed by atoms with E-state index in [1.54, 1.807) is 4.90 Å². The summed E-state index contributed by atoms with van der Waals surface area (Å²) in [5, 5.41) is 4.73. The first kappa shape index (κ1) is 17.1. The van der Waals surface area contributed by atoms with E-state index in [1.165, 1.54) is 32.1 Å². The van der Waals surface area contributed by atoms with Crippen LogP contribution in [-0.2, 0) is 24.2 Å². The largest absolute Gasteiger partial charge is 0.444 e. The predicted octanol–water partition coefficient (Wildman–Crippen LogP) is 3.34. The lowest BCUT2D eigenvalue weighted by atomic mass is 9.89. The number of hydrogen-bond donors (Lipinski definition) is 1. The summed E-state index contributed by atoms with van der Waals surface area (Å²) in [6.45, 7) is 7.71. The molecule has 1 aliphatic heterocycles. The monoisotopic (exact) mass is 334 g/mol. The highest BCUT2D eigenvalue weighted by molar-refractivity contribution is 5.69. The maximum absolute atomic E-state index is 12.3. The summed E-state index contributed by atoms with van der Waals surface area (Å²) in [4.78, 5) is 14.0. The molecule has 0 saturated heterocycles. The molecule has 0 aromatic carbocycles. The van der Waals surface area contributed by atoms with Gasteiger partial charge in [0.2, 0.25) is 0 Å². The van der Waals surface area contributed by atoms with Crippen LogP contribution in [0, 0.1) is 5.92 Å². The average Bonchev–Trinajstić information content (AvgIpc) is 2.82. The number of nitrogens with zero attached hydrogens (tertiary/aromatic N) is 3. The van der Waals surface area contributed by atoms with Crippen LogP contribution in [0.3, 0.4) is 0 Å². The van der Waals surface area contributed by atoms with Gasteiger partial charge in [-0.05, 0) is 39.5 Å². The molecule has 1 amide bonds. The molecule has 3 rings (SSSR count). The van der Waals surface area contributed by atoms with Crippen molar-refractivity contribution in [3.05, 3.63) is 11.3 Å². The number of amides is 1. The molecular formula is C18H30N4O2. The molecule has 6 nitrogen and oxygen atoms in total. The highest BCUT2D eigenvalue weighted by atomic mass is 16.6. The van der Waals surface area contributed by atoms with E-state index < -0.39 is 5.60 Å². The number of aromatic nitrogens is 2. The van der Waals surface area contributed by atoms with Crippen LogP contribution in [0.15, 0.2) is 0 Å². The quantitative estimate of drug-likeness (QED) is 0.900. The fourth-order valence-electron chi connectivity index (χ4n) is 3.68. The summed E-state index contributed by atoms with van der Waals surface area (Å²) >= 11 is 0. The minimum atomic E-state index is -0.478. The molecule has 2 heterocycles. The Morgan fingerprint density at radius 1 is 1.29 bits per heavy atom. The van der Waals surface area contributed by atoms with Crippen molar-refractivity contribution in [3.63, 3.8) is 0 Å². The van der Waals surface area contributed by atoms with Crippen molar-refractivity contribution in [1.82, 2.24) is 14.7 Å². The number of carbonyl (C=O) groups excluding carboxylic acids is 1. The summed E-state index contributed by atoms with van der Waals surface area (Å²) in [7, 11) is 0. The standard InChI is InChI=1S/C18H30N4O2/c1-18(2,3)24-17(23)21-10-9-15-14(12-21)16(19)22(20-15)11-13-7-5-4-6-8-13/h13H,4-12,19H2,1-3H3. The highest BCUT2D eigenvalue weighted by Crippen LogP contribution is 2.29. The Kier molecular flexibility index (Phi) is 4.74. The molecule has 0 unspecified atom stereocenters. The zero-order chi connectivity index (χ0) is 17.3. The summed E-state index contributed by atoms with van der Waals surface area (Å²) in [6, 6.07) is 0. The molecule has 1 saturated carbocycles. The molecule has 1 aliphatic carbocycles. The number of hydrogen-bond acceptors (Lipinski definition) is 4.